The molecule has 0 aliphatic carbocycles. The van der Waals surface area contributed by atoms with Crippen LogP contribution in [-0.2, 0) is 6.54 Å². The fraction of sp³-hybridized carbons (Fsp3) is 0.400. The standard InChI is InChI=1S/C15H20BrN3/c1-10(2)17-9-13-6-5-7-14(8-13)19-12(4)15(16)11(3)18-19/h5-8,10,17H,9H2,1-4H3. The monoisotopic (exact) mass is 321 g/mol. The largest absolute Gasteiger partial charge is 0.310 e. The Morgan fingerprint density at radius 1 is 1.32 bits per heavy atom. The number of nitrogens with one attached hydrogen (secondary N) is 1. The van der Waals surface area contributed by atoms with Gasteiger partial charge in [-0.15, -0.1) is 0 Å². The highest BCUT2D eigenvalue weighted by atomic mass is 79.9. The predicted octanol–water partition coefficient (Wildman–Crippen LogP) is 3.75. The average Bonchev–Trinajstić information content (AvgIpc) is 2.64. The summed E-state index contributed by atoms with van der Waals surface area (Å²) in [5.74, 6) is 0. The van der Waals surface area contributed by atoms with E-state index in [4.69, 9.17) is 0 Å². The van der Waals surface area contributed by atoms with Crippen molar-refractivity contribution in [3.8, 4) is 5.69 Å². The van der Waals surface area contributed by atoms with Gasteiger partial charge in [-0.25, -0.2) is 4.68 Å². The van der Waals surface area contributed by atoms with Gasteiger partial charge < -0.3 is 5.32 Å². The molecule has 2 rings (SSSR count). The summed E-state index contributed by atoms with van der Waals surface area (Å²) in [7, 11) is 0. The Hall–Kier alpha value is -1.13. The number of hydrogen-bond acceptors (Lipinski definition) is 2. The van der Waals surface area contributed by atoms with Gasteiger partial charge in [0.1, 0.15) is 0 Å². The van der Waals surface area contributed by atoms with Crippen molar-refractivity contribution in [2.45, 2.75) is 40.3 Å². The Kier molecular flexibility index (Phi) is 4.42. The van der Waals surface area contributed by atoms with E-state index in [2.05, 4.69) is 71.4 Å². The molecule has 1 N–H and O–H groups in total. The van der Waals surface area contributed by atoms with Gasteiger partial charge >= 0.3 is 0 Å². The molecule has 0 aliphatic heterocycles. The van der Waals surface area contributed by atoms with Crippen molar-refractivity contribution in [2.75, 3.05) is 0 Å². The van der Waals surface area contributed by atoms with Crippen molar-refractivity contribution < 1.29 is 0 Å². The highest BCUT2D eigenvalue weighted by molar-refractivity contribution is 9.10. The first-order valence-corrected chi connectivity index (χ1v) is 7.32. The number of aromatic nitrogens is 2. The minimum absolute atomic E-state index is 0.492. The summed E-state index contributed by atoms with van der Waals surface area (Å²) < 4.78 is 3.07. The quantitative estimate of drug-likeness (QED) is 0.929. The third-order valence-electron chi connectivity index (χ3n) is 3.07. The summed E-state index contributed by atoms with van der Waals surface area (Å²) in [5.41, 5.74) is 4.53. The lowest BCUT2D eigenvalue weighted by atomic mass is 10.2. The molecule has 4 heteroatoms. The van der Waals surface area contributed by atoms with E-state index >= 15 is 0 Å². The molecule has 1 aromatic carbocycles. The third kappa shape index (κ3) is 3.25. The van der Waals surface area contributed by atoms with Crippen molar-refractivity contribution in [3.05, 3.63) is 45.7 Å². The van der Waals surface area contributed by atoms with Crippen LogP contribution >= 0.6 is 15.9 Å². The van der Waals surface area contributed by atoms with E-state index in [0.717, 1.165) is 28.1 Å². The van der Waals surface area contributed by atoms with Gasteiger partial charge in [-0.1, -0.05) is 26.0 Å². The van der Waals surface area contributed by atoms with E-state index in [1.807, 2.05) is 11.6 Å². The number of halogens is 1. The Balaban J connectivity index is 2.30. The lowest BCUT2D eigenvalue weighted by molar-refractivity contribution is 0.588. The molecule has 0 radical (unpaired) electrons. The van der Waals surface area contributed by atoms with Gasteiger partial charge in [-0.3, -0.25) is 0 Å². The van der Waals surface area contributed by atoms with Crippen LogP contribution in [0.5, 0.6) is 0 Å². The van der Waals surface area contributed by atoms with Crippen LogP contribution in [0.2, 0.25) is 0 Å². The molecule has 0 aliphatic rings. The van der Waals surface area contributed by atoms with Crippen LogP contribution in [0, 0.1) is 13.8 Å². The summed E-state index contributed by atoms with van der Waals surface area (Å²) in [6, 6.07) is 8.98. The van der Waals surface area contributed by atoms with Crippen LogP contribution in [0.1, 0.15) is 30.8 Å². The SMILES string of the molecule is Cc1nn(-c2cccc(CNC(C)C)c2)c(C)c1Br. The zero-order valence-electron chi connectivity index (χ0n) is 11.9. The normalized spacial score (nSPS) is 11.3. The molecule has 1 heterocycles. The molecular formula is C15H20BrN3. The molecule has 0 spiro atoms. The Morgan fingerprint density at radius 2 is 2.05 bits per heavy atom. The molecule has 2 aromatic rings. The maximum atomic E-state index is 4.57. The van der Waals surface area contributed by atoms with Crippen molar-refractivity contribution in [3.63, 3.8) is 0 Å². The number of nitrogens with zero attached hydrogens (tertiary/aromatic N) is 2. The molecule has 1 aromatic heterocycles. The highest BCUT2D eigenvalue weighted by Crippen LogP contribution is 2.23. The van der Waals surface area contributed by atoms with Crippen molar-refractivity contribution in [1.82, 2.24) is 15.1 Å². The number of aryl methyl sites for hydroxylation is 1. The molecule has 0 fully saturated rings. The van der Waals surface area contributed by atoms with Gasteiger partial charge in [-0.2, -0.15) is 5.10 Å². The molecule has 0 amide bonds. The van der Waals surface area contributed by atoms with Crippen molar-refractivity contribution in [1.29, 1.82) is 0 Å². The first-order chi connectivity index (χ1) is 8.99. The Bertz CT molecular complexity index is 573. The van der Waals surface area contributed by atoms with Crippen LogP contribution in [-0.4, -0.2) is 15.8 Å². The fourth-order valence-electron chi connectivity index (χ4n) is 2.00. The van der Waals surface area contributed by atoms with Crippen LogP contribution in [0.15, 0.2) is 28.7 Å². The molecular weight excluding hydrogens is 302 g/mol. The molecule has 0 unspecified atom stereocenters. The number of benzene rings is 1. The molecule has 102 valence electrons. The lowest BCUT2D eigenvalue weighted by Crippen LogP contribution is -2.21. The maximum Gasteiger partial charge on any atom is 0.0743 e. The zero-order valence-corrected chi connectivity index (χ0v) is 13.5. The predicted molar refractivity (Wildman–Crippen MR) is 82.7 cm³/mol. The minimum Gasteiger partial charge on any atom is -0.310 e. The second kappa shape index (κ2) is 5.88. The van der Waals surface area contributed by atoms with Gasteiger partial charge in [0.2, 0.25) is 0 Å². The fourth-order valence-corrected chi connectivity index (χ4v) is 2.24. The Morgan fingerprint density at radius 3 is 2.63 bits per heavy atom. The van der Waals surface area contributed by atoms with E-state index in [9.17, 15) is 0 Å². The van der Waals surface area contributed by atoms with Gasteiger partial charge in [0.15, 0.2) is 0 Å². The second-order valence-electron chi connectivity index (χ2n) is 5.10. The van der Waals surface area contributed by atoms with E-state index in [-0.39, 0.29) is 0 Å². The molecule has 19 heavy (non-hydrogen) atoms. The number of hydrogen-bond donors (Lipinski definition) is 1. The van der Waals surface area contributed by atoms with E-state index in [0.29, 0.717) is 6.04 Å². The van der Waals surface area contributed by atoms with E-state index < -0.39 is 0 Å². The second-order valence-corrected chi connectivity index (χ2v) is 5.90. The molecule has 0 saturated carbocycles. The summed E-state index contributed by atoms with van der Waals surface area (Å²) in [4.78, 5) is 0. The first-order valence-electron chi connectivity index (χ1n) is 6.53. The van der Waals surface area contributed by atoms with E-state index in [1.54, 1.807) is 0 Å². The molecule has 0 bridgehead atoms. The molecule has 0 saturated heterocycles. The first kappa shape index (κ1) is 14.3. The Labute approximate surface area is 123 Å². The van der Waals surface area contributed by atoms with Crippen LogP contribution in [0.4, 0.5) is 0 Å². The van der Waals surface area contributed by atoms with Gasteiger partial charge in [0.05, 0.1) is 21.5 Å². The summed E-state index contributed by atoms with van der Waals surface area (Å²) in [5, 5.41) is 8.00. The van der Waals surface area contributed by atoms with Crippen LogP contribution in [0.25, 0.3) is 5.69 Å². The smallest absolute Gasteiger partial charge is 0.0743 e. The zero-order chi connectivity index (χ0) is 14.0. The molecule has 3 nitrogen and oxygen atoms in total. The maximum absolute atomic E-state index is 4.57. The van der Waals surface area contributed by atoms with E-state index in [1.165, 1.54) is 5.56 Å². The highest BCUT2D eigenvalue weighted by Gasteiger charge is 2.10. The number of rotatable bonds is 4. The van der Waals surface area contributed by atoms with Crippen molar-refractivity contribution >= 4 is 15.9 Å². The lowest BCUT2D eigenvalue weighted by Gasteiger charge is -2.10. The minimum atomic E-state index is 0.492. The summed E-state index contributed by atoms with van der Waals surface area (Å²) >= 11 is 3.57. The van der Waals surface area contributed by atoms with Gasteiger partial charge in [0, 0.05) is 12.6 Å². The summed E-state index contributed by atoms with van der Waals surface area (Å²) in [6.45, 7) is 9.27. The third-order valence-corrected chi connectivity index (χ3v) is 4.22. The topological polar surface area (TPSA) is 29.9 Å². The van der Waals surface area contributed by atoms with Gasteiger partial charge in [0.25, 0.3) is 0 Å². The summed E-state index contributed by atoms with van der Waals surface area (Å²) in [6.07, 6.45) is 0. The van der Waals surface area contributed by atoms with Gasteiger partial charge in [-0.05, 0) is 47.5 Å². The molecule has 0 atom stereocenters. The van der Waals surface area contributed by atoms with Crippen LogP contribution < -0.4 is 5.32 Å². The average molecular weight is 322 g/mol. The van der Waals surface area contributed by atoms with Crippen molar-refractivity contribution in [2.24, 2.45) is 0 Å². The van der Waals surface area contributed by atoms with Crippen LogP contribution in [0.3, 0.4) is 0 Å².